The van der Waals surface area contributed by atoms with Crippen LogP contribution in [0.1, 0.15) is 31.6 Å². The van der Waals surface area contributed by atoms with Crippen molar-refractivity contribution in [1.82, 2.24) is 4.98 Å². The summed E-state index contributed by atoms with van der Waals surface area (Å²) in [4.78, 5) is 4.25. The normalized spacial score (nSPS) is 18.5. The van der Waals surface area contributed by atoms with Gasteiger partial charge in [-0.1, -0.05) is 6.07 Å². The fraction of sp³-hybridized carbons (Fsp3) is 0.545. The molecule has 0 saturated heterocycles. The largest absolute Gasteiger partial charge is 0.372 e. The van der Waals surface area contributed by atoms with Crippen molar-refractivity contribution in [3.63, 3.8) is 0 Å². The molecule has 0 amide bonds. The lowest BCUT2D eigenvalue weighted by Gasteiger charge is -2.11. The maximum atomic E-state index is 5.69. The smallest absolute Gasteiger partial charge is 0.0966 e. The zero-order valence-electron chi connectivity index (χ0n) is 7.94. The molecule has 0 bridgehead atoms. The summed E-state index contributed by atoms with van der Waals surface area (Å²) in [7, 11) is 0. The van der Waals surface area contributed by atoms with Crippen LogP contribution in [-0.2, 0) is 4.74 Å². The van der Waals surface area contributed by atoms with Gasteiger partial charge in [0, 0.05) is 6.20 Å². The standard InChI is InChI=1S/C11H15NO/c1-9(13-8-10-5-6-10)11-4-2-3-7-12-11/h2-4,7,9-10H,5-6,8H2,1H3. The molecule has 0 radical (unpaired) electrons. The van der Waals surface area contributed by atoms with E-state index in [9.17, 15) is 0 Å². The first-order chi connectivity index (χ1) is 6.36. The second-order valence-corrected chi connectivity index (χ2v) is 3.67. The highest BCUT2D eigenvalue weighted by atomic mass is 16.5. The van der Waals surface area contributed by atoms with E-state index in [4.69, 9.17) is 4.74 Å². The summed E-state index contributed by atoms with van der Waals surface area (Å²) in [5.74, 6) is 0.825. The average molecular weight is 177 g/mol. The molecule has 1 fully saturated rings. The van der Waals surface area contributed by atoms with E-state index in [2.05, 4.69) is 11.9 Å². The zero-order chi connectivity index (χ0) is 9.10. The number of aromatic nitrogens is 1. The molecular weight excluding hydrogens is 162 g/mol. The van der Waals surface area contributed by atoms with E-state index in [1.165, 1.54) is 12.8 Å². The summed E-state index contributed by atoms with van der Waals surface area (Å²) in [5, 5.41) is 0. The van der Waals surface area contributed by atoms with Crippen LogP contribution in [0.2, 0.25) is 0 Å². The molecule has 2 rings (SSSR count). The molecule has 0 aromatic carbocycles. The summed E-state index contributed by atoms with van der Waals surface area (Å²) in [6.45, 7) is 2.96. The Morgan fingerprint density at radius 3 is 3.00 bits per heavy atom. The van der Waals surface area contributed by atoms with Crippen LogP contribution in [-0.4, -0.2) is 11.6 Å². The average Bonchev–Trinajstić information content (AvgIpc) is 2.99. The molecule has 1 aliphatic carbocycles. The van der Waals surface area contributed by atoms with Crippen molar-refractivity contribution in [3.8, 4) is 0 Å². The van der Waals surface area contributed by atoms with E-state index in [-0.39, 0.29) is 6.10 Å². The molecule has 1 atom stereocenters. The fourth-order valence-electron chi connectivity index (χ4n) is 1.27. The second kappa shape index (κ2) is 3.88. The van der Waals surface area contributed by atoms with Gasteiger partial charge in [-0.3, -0.25) is 4.98 Å². The van der Waals surface area contributed by atoms with Crippen molar-refractivity contribution in [2.45, 2.75) is 25.9 Å². The molecule has 2 nitrogen and oxygen atoms in total. The van der Waals surface area contributed by atoms with Crippen molar-refractivity contribution in [3.05, 3.63) is 30.1 Å². The maximum Gasteiger partial charge on any atom is 0.0966 e. The van der Waals surface area contributed by atoms with Crippen LogP contribution in [0.4, 0.5) is 0 Å². The number of ether oxygens (including phenoxy) is 1. The molecule has 1 aromatic heterocycles. The predicted molar refractivity (Wildman–Crippen MR) is 51.3 cm³/mol. The van der Waals surface area contributed by atoms with E-state index >= 15 is 0 Å². The van der Waals surface area contributed by atoms with Crippen molar-refractivity contribution >= 4 is 0 Å². The van der Waals surface area contributed by atoms with Crippen LogP contribution >= 0.6 is 0 Å². The lowest BCUT2D eigenvalue weighted by atomic mass is 10.2. The highest BCUT2D eigenvalue weighted by molar-refractivity contribution is 5.05. The lowest BCUT2D eigenvalue weighted by molar-refractivity contribution is 0.0551. The third-order valence-electron chi connectivity index (χ3n) is 2.38. The van der Waals surface area contributed by atoms with Crippen molar-refractivity contribution < 1.29 is 4.74 Å². The number of nitrogens with zero attached hydrogens (tertiary/aromatic N) is 1. The molecule has 0 spiro atoms. The molecule has 1 heterocycles. The van der Waals surface area contributed by atoms with Crippen molar-refractivity contribution in [2.75, 3.05) is 6.61 Å². The maximum absolute atomic E-state index is 5.69. The minimum absolute atomic E-state index is 0.141. The molecule has 1 aliphatic rings. The van der Waals surface area contributed by atoms with Crippen molar-refractivity contribution in [1.29, 1.82) is 0 Å². The third-order valence-corrected chi connectivity index (χ3v) is 2.38. The second-order valence-electron chi connectivity index (χ2n) is 3.67. The Balaban J connectivity index is 1.85. The highest BCUT2D eigenvalue weighted by Crippen LogP contribution is 2.30. The molecular formula is C11H15NO. The van der Waals surface area contributed by atoms with Crippen LogP contribution in [0.3, 0.4) is 0 Å². The zero-order valence-corrected chi connectivity index (χ0v) is 7.94. The monoisotopic (exact) mass is 177 g/mol. The number of pyridine rings is 1. The molecule has 1 unspecified atom stereocenters. The highest BCUT2D eigenvalue weighted by Gasteiger charge is 2.22. The van der Waals surface area contributed by atoms with Gasteiger partial charge in [-0.05, 0) is 37.8 Å². The van der Waals surface area contributed by atoms with Crippen LogP contribution < -0.4 is 0 Å². The fourth-order valence-corrected chi connectivity index (χ4v) is 1.27. The third kappa shape index (κ3) is 2.52. The minimum atomic E-state index is 0.141. The summed E-state index contributed by atoms with van der Waals surface area (Å²) in [6, 6.07) is 5.94. The van der Waals surface area contributed by atoms with Gasteiger partial charge in [0.2, 0.25) is 0 Å². The Labute approximate surface area is 78.9 Å². The molecule has 0 aliphatic heterocycles. The summed E-state index contributed by atoms with van der Waals surface area (Å²) < 4.78 is 5.69. The Bertz CT molecular complexity index is 256. The summed E-state index contributed by atoms with van der Waals surface area (Å²) >= 11 is 0. The SMILES string of the molecule is CC(OCC1CC1)c1ccccn1. The number of rotatable bonds is 4. The Morgan fingerprint density at radius 1 is 1.54 bits per heavy atom. The molecule has 1 aromatic rings. The number of hydrogen-bond acceptors (Lipinski definition) is 2. The van der Waals surface area contributed by atoms with Crippen LogP contribution in [0.15, 0.2) is 24.4 Å². The Kier molecular flexibility index (Phi) is 2.60. The molecule has 70 valence electrons. The molecule has 1 saturated carbocycles. The van der Waals surface area contributed by atoms with E-state index in [1.54, 1.807) is 0 Å². The van der Waals surface area contributed by atoms with Gasteiger partial charge in [0.1, 0.15) is 0 Å². The first-order valence-electron chi connectivity index (χ1n) is 4.89. The van der Waals surface area contributed by atoms with Gasteiger partial charge in [-0.15, -0.1) is 0 Å². The first kappa shape index (κ1) is 8.70. The van der Waals surface area contributed by atoms with Gasteiger partial charge in [-0.25, -0.2) is 0 Å². The van der Waals surface area contributed by atoms with Gasteiger partial charge in [0.05, 0.1) is 18.4 Å². The molecule has 2 heteroatoms. The van der Waals surface area contributed by atoms with E-state index in [1.807, 2.05) is 24.4 Å². The topological polar surface area (TPSA) is 22.1 Å². The number of hydrogen-bond donors (Lipinski definition) is 0. The quantitative estimate of drug-likeness (QED) is 0.705. The first-order valence-corrected chi connectivity index (χ1v) is 4.89. The van der Waals surface area contributed by atoms with Gasteiger partial charge in [0.25, 0.3) is 0 Å². The predicted octanol–water partition coefficient (Wildman–Crippen LogP) is 2.57. The van der Waals surface area contributed by atoms with Gasteiger partial charge < -0.3 is 4.74 Å². The van der Waals surface area contributed by atoms with Crippen LogP contribution in [0.25, 0.3) is 0 Å². The van der Waals surface area contributed by atoms with E-state index in [0.717, 1.165) is 18.2 Å². The van der Waals surface area contributed by atoms with Crippen LogP contribution in [0, 0.1) is 5.92 Å². The van der Waals surface area contributed by atoms with Gasteiger partial charge in [0.15, 0.2) is 0 Å². The minimum Gasteiger partial charge on any atom is -0.372 e. The van der Waals surface area contributed by atoms with Gasteiger partial charge >= 0.3 is 0 Å². The van der Waals surface area contributed by atoms with Crippen LogP contribution in [0.5, 0.6) is 0 Å². The van der Waals surface area contributed by atoms with Crippen molar-refractivity contribution in [2.24, 2.45) is 5.92 Å². The molecule has 13 heavy (non-hydrogen) atoms. The van der Waals surface area contributed by atoms with E-state index in [0.29, 0.717) is 0 Å². The van der Waals surface area contributed by atoms with Gasteiger partial charge in [-0.2, -0.15) is 0 Å². The summed E-state index contributed by atoms with van der Waals surface area (Å²) in [5.41, 5.74) is 1.03. The molecule has 0 N–H and O–H groups in total. The Morgan fingerprint density at radius 2 is 2.38 bits per heavy atom. The lowest BCUT2D eigenvalue weighted by Crippen LogP contribution is -2.04. The summed E-state index contributed by atoms with van der Waals surface area (Å²) in [6.07, 6.45) is 4.64. The Hall–Kier alpha value is -0.890. The van der Waals surface area contributed by atoms with E-state index < -0.39 is 0 Å².